The Morgan fingerprint density at radius 2 is 0.580 bits per heavy atom. The molecule has 1 amide bonds. The van der Waals surface area contributed by atoms with E-state index < -0.39 is 18.2 Å². The van der Waals surface area contributed by atoms with Crippen LogP contribution in [0.15, 0.2) is 12.2 Å². The monoisotopic (exact) mass is 974 g/mol. The molecule has 0 bridgehead atoms. The van der Waals surface area contributed by atoms with Gasteiger partial charge in [0.05, 0.1) is 31.3 Å². The van der Waals surface area contributed by atoms with E-state index in [2.05, 4.69) is 31.3 Å². The highest BCUT2D eigenvalue weighted by molar-refractivity contribution is 5.76. The summed E-state index contributed by atoms with van der Waals surface area (Å²) in [5, 5.41) is 33.7. The van der Waals surface area contributed by atoms with Crippen molar-refractivity contribution in [1.82, 2.24) is 5.32 Å². The third-order valence-electron chi connectivity index (χ3n) is 15.3. The summed E-state index contributed by atoms with van der Waals surface area (Å²) in [5.41, 5.74) is 0. The van der Waals surface area contributed by atoms with E-state index in [1.165, 1.54) is 308 Å². The van der Waals surface area contributed by atoms with Crippen LogP contribution in [0.3, 0.4) is 0 Å². The summed E-state index contributed by atoms with van der Waals surface area (Å²) < 4.78 is 0. The second kappa shape index (κ2) is 59.7. The Morgan fingerprint density at radius 1 is 0.348 bits per heavy atom. The zero-order chi connectivity index (χ0) is 50.0. The smallest absolute Gasteiger partial charge is 0.222 e. The molecule has 3 unspecified atom stereocenters. The van der Waals surface area contributed by atoms with Gasteiger partial charge in [0.25, 0.3) is 0 Å². The number of carbonyl (C=O) groups is 1. The number of allylic oxidation sites excluding steroid dienone is 2. The molecule has 0 spiro atoms. The second-order valence-electron chi connectivity index (χ2n) is 22.4. The summed E-state index contributed by atoms with van der Waals surface area (Å²) in [6.07, 6.45) is 75.5. The van der Waals surface area contributed by atoms with Crippen LogP contribution in [-0.2, 0) is 4.79 Å². The van der Waals surface area contributed by atoms with Crippen molar-refractivity contribution in [3.63, 3.8) is 0 Å². The van der Waals surface area contributed by atoms with E-state index in [9.17, 15) is 20.1 Å². The van der Waals surface area contributed by atoms with E-state index in [4.69, 9.17) is 0 Å². The number of hydrogen-bond acceptors (Lipinski definition) is 4. The van der Waals surface area contributed by atoms with E-state index in [0.29, 0.717) is 12.8 Å². The van der Waals surface area contributed by atoms with E-state index in [1.807, 2.05) is 0 Å². The summed E-state index contributed by atoms with van der Waals surface area (Å²) in [7, 11) is 0. The summed E-state index contributed by atoms with van der Waals surface area (Å²) in [6, 6.07) is -0.657. The molecule has 0 aromatic rings. The van der Waals surface area contributed by atoms with Gasteiger partial charge in [-0.25, -0.2) is 0 Å². The predicted octanol–water partition coefficient (Wildman–Crippen LogP) is 20.2. The lowest BCUT2D eigenvalue weighted by Gasteiger charge is -2.23. The Hall–Kier alpha value is -0.910. The number of nitrogens with one attached hydrogen (secondary N) is 1. The van der Waals surface area contributed by atoms with Crippen molar-refractivity contribution >= 4 is 5.91 Å². The van der Waals surface area contributed by atoms with Crippen molar-refractivity contribution in [3.8, 4) is 0 Å². The highest BCUT2D eigenvalue weighted by atomic mass is 16.3. The Kier molecular flexibility index (Phi) is 58.9. The van der Waals surface area contributed by atoms with Gasteiger partial charge in [-0.1, -0.05) is 334 Å². The van der Waals surface area contributed by atoms with Crippen LogP contribution in [0.1, 0.15) is 367 Å². The number of aliphatic hydroxyl groups is 3. The van der Waals surface area contributed by atoms with E-state index >= 15 is 0 Å². The molecule has 0 aromatic carbocycles. The van der Waals surface area contributed by atoms with Crippen LogP contribution in [0.5, 0.6) is 0 Å². The fraction of sp³-hybridized carbons (Fsp3) is 0.953. The molecule has 0 saturated carbocycles. The number of rotatable bonds is 60. The fourth-order valence-corrected chi connectivity index (χ4v) is 10.5. The second-order valence-corrected chi connectivity index (χ2v) is 22.4. The van der Waals surface area contributed by atoms with Crippen molar-refractivity contribution in [1.29, 1.82) is 0 Å². The van der Waals surface area contributed by atoms with E-state index in [0.717, 1.165) is 25.7 Å². The molecule has 0 aromatic heterocycles. The first-order valence-corrected chi connectivity index (χ1v) is 32.0. The Bertz CT molecular complexity index is 987. The highest BCUT2D eigenvalue weighted by Gasteiger charge is 2.21. The number of hydrogen-bond donors (Lipinski definition) is 4. The van der Waals surface area contributed by atoms with Crippen LogP contribution in [-0.4, -0.2) is 46.1 Å². The Labute approximate surface area is 433 Å². The number of carbonyl (C=O) groups excluding carboxylic acids is 1. The zero-order valence-corrected chi connectivity index (χ0v) is 47.2. The van der Waals surface area contributed by atoms with Crippen molar-refractivity contribution in [3.05, 3.63) is 12.2 Å². The van der Waals surface area contributed by atoms with Crippen LogP contribution >= 0.6 is 0 Å². The molecule has 0 aliphatic rings. The average Bonchev–Trinajstić information content (AvgIpc) is 3.35. The zero-order valence-electron chi connectivity index (χ0n) is 47.2. The molecule has 0 saturated heterocycles. The quantitative estimate of drug-likeness (QED) is 0.0361. The Balaban J connectivity index is 3.47. The molecule has 3 atom stereocenters. The van der Waals surface area contributed by atoms with E-state index in [1.54, 1.807) is 0 Å². The molecular formula is C64H127NO4. The number of unbranched alkanes of at least 4 members (excludes halogenated alkanes) is 49. The molecular weight excluding hydrogens is 847 g/mol. The van der Waals surface area contributed by atoms with Crippen molar-refractivity contribution in [2.45, 2.75) is 385 Å². The maximum absolute atomic E-state index is 12.6. The van der Waals surface area contributed by atoms with Gasteiger partial charge in [0.15, 0.2) is 0 Å². The van der Waals surface area contributed by atoms with Gasteiger partial charge in [0.2, 0.25) is 5.91 Å². The molecule has 0 rings (SSSR count). The predicted molar refractivity (Wildman–Crippen MR) is 305 cm³/mol. The van der Waals surface area contributed by atoms with Crippen LogP contribution < -0.4 is 5.32 Å². The lowest BCUT2D eigenvalue weighted by atomic mass is 10.0. The number of aliphatic hydroxyl groups excluding tert-OH is 3. The van der Waals surface area contributed by atoms with Gasteiger partial charge in [-0.3, -0.25) is 4.79 Å². The lowest BCUT2D eigenvalue weighted by Crippen LogP contribution is -2.46. The van der Waals surface area contributed by atoms with Crippen molar-refractivity contribution < 1.29 is 20.1 Å². The summed E-state index contributed by atoms with van der Waals surface area (Å²) in [4.78, 5) is 12.6. The summed E-state index contributed by atoms with van der Waals surface area (Å²) in [6.45, 7) is 4.32. The molecule has 0 radical (unpaired) electrons. The fourth-order valence-electron chi connectivity index (χ4n) is 10.5. The van der Waals surface area contributed by atoms with Crippen LogP contribution in [0.2, 0.25) is 0 Å². The minimum Gasteiger partial charge on any atom is -0.394 e. The van der Waals surface area contributed by atoms with Gasteiger partial charge in [0, 0.05) is 0 Å². The third-order valence-corrected chi connectivity index (χ3v) is 15.3. The largest absolute Gasteiger partial charge is 0.394 e. The molecule has 0 aliphatic heterocycles. The van der Waals surface area contributed by atoms with Crippen LogP contribution in [0, 0.1) is 0 Å². The standard InChI is InChI=1S/C64H127NO4/c1-3-5-7-9-11-13-15-17-19-21-23-25-27-28-29-30-31-32-33-34-36-37-39-41-43-45-47-49-51-53-55-57-61(67)59-64(69)65-62(60-66)63(68)58-56-54-52-50-48-46-44-42-40-38-35-26-24-22-20-18-16-14-12-10-8-6-4-2/h28-29,61-63,66-68H,3-27,30-60H2,1-2H3,(H,65,69)/b29-28-. The first kappa shape index (κ1) is 68.1. The molecule has 0 aliphatic carbocycles. The molecule has 69 heavy (non-hydrogen) atoms. The van der Waals surface area contributed by atoms with Gasteiger partial charge in [-0.2, -0.15) is 0 Å². The van der Waals surface area contributed by atoms with Crippen molar-refractivity contribution in [2.75, 3.05) is 6.61 Å². The summed E-state index contributed by atoms with van der Waals surface area (Å²) >= 11 is 0. The summed E-state index contributed by atoms with van der Waals surface area (Å²) in [5.74, 6) is -0.275. The van der Waals surface area contributed by atoms with Crippen molar-refractivity contribution in [2.24, 2.45) is 0 Å². The minimum absolute atomic E-state index is 0.0415. The third kappa shape index (κ3) is 56.2. The minimum atomic E-state index is -0.748. The van der Waals surface area contributed by atoms with Crippen LogP contribution in [0.25, 0.3) is 0 Å². The molecule has 0 heterocycles. The molecule has 5 heteroatoms. The van der Waals surface area contributed by atoms with Gasteiger partial charge in [-0.15, -0.1) is 0 Å². The molecule has 5 nitrogen and oxygen atoms in total. The first-order valence-electron chi connectivity index (χ1n) is 32.0. The molecule has 0 fully saturated rings. The first-order chi connectivity index (χ1) is 34.0. The van der Waals surface area contributed by atoms with E-state index in [-0.39, 0.29) is 18.9 Å². The van der Waals surface area contributed by atoms with Gasteiger partial charge >= 0.3 is 0 Å². The number of amides is 1. The van der Waals surface area contributed by atoms with Crippen LogP contribution in [0.4, 0.5) is 0 Å². The topological polar surface area (TPSA) is 89.8 Å². The maximum Gasteiger partial charge on any atom is 0.222 e. The maximum atomic E-state index is 12.6. The van der Waals surface area contributed by atoms with Gasteiger partial charge in [0.1, 0.15) is 0 Å². The average molecular weight is 975 g/mol. The highest BCUT2D eigenvalue weighted by Crippen LogP contribution is 2.19. The lowest BCUT2D eigenvalue weighted by molar-refractivity contribution is -0.125. The molecule has 4 N–H and O–H groups in total. The molecule has 412 valence electrons. The van der Waals surface area contributed by atoms with Gasteiger partial charge in [-0.05, 0) is 38.5 Å². The normalized spacial score (nSPS) is 13.2. The SMILES string of the molecule is CCCCCCCCCCCCCC/C=C\CCCCCCCCCCCCCCCCCC(O)CC(=O)NC(CO)C(O)CCCCCCCCCCCCCCCCCCCCCCCCC. The van der Waals surface area contributed by atoms with Gasteiger partial charge < -0.3 is 20.6 Å². The Morgan fingerprint density at radius 3 is 0.841 bits per heavy atom.